The maximum atomic E-state index is 6.25. The van der Waals surface area contributed by atoms with E-state index in [9.17, 15) is 0 Å². The van der Waals surface area contributed by atoms with Crippen LogP contribution in [0.2, 0.25) is 5.02 Å². The molecular weight excluding hydrogens is 232 g/mol. The highest BCUT2D eigenvalue weighted by molar-refractivity contribution is 6.31. The van der Waals surface area contributed by atoms with Gasteiger partial charge >= 0.3 is 0 Å². The van der Waals surface area contributed by atoms with E-state index >= 15 is 0 Å². The van der Waals surface area contributed by atoms with E-state index in [-0.39, 0.29) is 6.04 Å². The van der Waals surface area contributed by atoms with Gasteiger partial charge in [-0.3, -0.25) is 11.3 Å². The Morgan fingerprint density at radius 2 is 2.18 bits per heavy atom. The standard InChI is InChI=1S/C14H21ClN2/c1-2-10-7-8-11(9-10)14(17-16)12-5-3-4-6-13(12)15/h3-6,10-11,14,17H,2,7-9,16H2,1H3. The van der Waals surface area contributed by atoms with Crippen molar-refractivity contribution in [2.24, 2.45) is 17.7 Å². The Morgan fingerprint density at radius 3 is 2.76 bits per heavy atom. The minimum atomic E-state index is 0.195. The normalized spacial score (nSPS) is 26.1. The third-order valence-corrected chi connectivity index (χ3v) is 4.39. The molecule has 0 heterocycles. The van der Waals surface area contributed by atoms with E-state index in [0.717, 1.165) is 16.5 Å². The smallest absolute Gasteiger partial charge is 0.0502 e. The molecule has 0 saturated heterocycles. The summed E-state index contributed by atoms with van der Waals surface area (Å²) < 4.78 is 0. The highest BCUT2D eigenvalue weighted by Gasteiger charge is 2.31. The highest BCUT2D eigenvalue weighted by atomic mass is 35.5. The van der Waals surface area contributed by atoms with Crippen LogP contribution >= 0.6 is 11.6 Å². The first-order valence-electron chi connectivity index (χ1n) is 6.46. The summed E-state index contributed by atoms with van der Waals surface area (Å²) in [5.74, 6) is 7.21. The molecule has 2 rings (SSSR count). The van der Waals surface area contributed by atoms with E-state index < -0.39 is 0 Å². The summed E-state index contributed by atoms with van der Waals surface area (Å²) in [5.41, 5.74) is 4.10. The Kier molecular flexibility index (Phi) is 4.43. The molecule has 1 aromatic carbocycles. The van der Waals surface area contributed by atoms with Crippen molar-refractivity contribution in [3.63, 3.8) is 0 Å². The number of nitrogens with two attached hydrogens (primary N) is 1. The molecule has 3 unspecified atom stereocenters. The summed E-state index contributed by atoms with van der Waals surface area (Å²) in [6.45, 7) is 2.27. The molecule has 17 heavy (non-hydrogen) atoms. The summed E-state index contributed by atoms with van der Waals surface area (Å²) in [7, 11) is 0. The summed E-state index contributed by atoms with van der Waals surface area (Å²) in [6, 6.07) is 8.20. The summed E-state index contributed by atoms with van der Waals surface area (Å²) in [6.07, 6.45) is 5.11. The van der Waals surface area contributed by atoms with Crippen LogP contribution in [0.4, 0.5) is 0 Å². The van der Waals surface area contributed by atoms with E-state index in [1.807, 2.05) is 18.2 Å². The van der Waals surface area contributed by atoms with Crippen LogP contribution in [0.5, 0.6) is 0 Å². The van der Waals surface area contributed by atoms with Crippen LogP contribution in [-0.2, 0) is 0 Å². The van der Waals surface area contributed by atoms with Crippen molar-refractivity contribution in [3.05, 3.63) is 34.9 Å². The van der Waals surface area contributed by atoms with Gasteiger partial charge in [-0.25, -0.2) is 0 Å². The van der Waals surface area contributed by atoms with Crippen molar-refractivity contribution in [3.8, 4) is 0 Å². The topological polar surface area (TPSA) is 38.0 Å². The zero-order chi connectivity index (χ0) is 12.3. The summed E-state index contributed by atoms with van der Waals surface area (Å²) >= 11 is 6.25. The van der Waals surface area contributed by atoms with E-state index in [2.05, 4.69) is 18.4 Å². The quantitative estimate of drug-likeness (QED) is 0.634. The van der Waals surface area contributed by atoms with Crippen LogP contribution in [-0.4, -0.2) is 0 Å². The molecular formula is C14H21ClN2. The molecule has 94 valence electrons. The molecule has 1 saturated carbocycles. The number of rotatable bonds is 4. The number of halogens is 1. The van der Waals surface area contributed by atoms with Gasteiger partial charge in [-0.15, -0.1) is 0 Å². The van der Waals surface area contributed by atoms with Crippen molar-refractivity contribution in [2.75, 3.05) is 0 Å². The predicted octanol–water partition coefficient (Wildman–Crippen LogP) is 3.67. The zero-order valence-corrected chi connectivity index (χ0v) is 11.1. The monoisotopic (exact) mass is 252 g/mol. The summed E-state index contributed by atoms with van der Waals surface area (Å²) in [4.78, 5) is 0. The molecule has 0 bridgehead atoms. The van der Waals surface area contributed by atoms with E-state index in [1.54, 1.807) is 0 Å². The molecule has 3 atom stereocenters. The average molecular weight is 253 g/mol. The lowest BCUT2D eigenvalue weighted by Gasteiger charge is -2.24. The molecule has 0 aromatic heterocycles. The molecule has 1 aliphatic carbocycles. The van der Waals surface area contributed by atoms with E-state index in [0.29, 0.717) is 5.92 Å². The first-order valence-corrected chi connectivity index (χ1v) is 6.84. The number of nitrogens with one attached hydrogen (secondary N) is 1. The lowest BCUT2D eigenvalue weighted by Crippen LogP contribution is -2.33. The third-order valence-electron chi connectivity index (χ3n) is 4.05. The van der Waals surface area contributed by atoms with Crippen molar-refractivity contribution >= 4 is 11.6 Å². The van der Waals surface area contributed by atoms with Gasteiger partial charge in [0, 0.05) is 5.02 Å². The first kappa shape index (κ1) is 12.9. The van der Waals surface area contributed by atoms with Gasteiger partial charge in [-0.1, -0.05) is 49.6 Å². The molecule has 0 radical (unpaired) electrons. The van der Waals surface area contributed by atoms with Gasteiger partial charge in [0.15, 0.2) is 0 Å². The van der Waals surface area contributed by atoms with Gasteiger partial charge in [-0.05, 0) is 36.3 Å². The Labute approximate surface area is 109 Å². The average Bonchev–Trinajstić information content (AvgIpc) is 2.81. The zero-order valence-electron chi connectivity index (χ0n) is 10.3. The highest BCUT2D eigenvalue weighted by Crippen LogP contribution is 2.41. The van der Waals surface area contributed by atoms with Crippen molar-refractivity contribution < 1.29 is 0 Å². The van der Waals surface area contributed by atoms with Gasteiger partial charge in [-0.2, -0.15) is 0 Å². The van der Waals surface area contributed by atoms with Crippen LogP contribution in [0.15, 0.2) is 24.3 Å². The molecule has 0 spiro atoms. The fourth-order valence-corrected chi connectivity index (χ4v) is 3.25. The Morgan fingerprint density at radius 1 is 1.41 bits per heavy atom. The molecule has 0 aliphatic heterocycles. The molecule has 0 amide bonds. The maximum Gasteiger partial charge on any atom is 0.0502 e. The van der Waals surface area contributed by atoms with Gasteiger partial charge in [0.05, 0.1) is 6.04 Å². The lowest BCUT2D eigenvalue weighted by atomic mass is 9.91. The Hall–Kier alpha value is -0.570. The van der Waals surface area contributed by atoms with Gasteiger partial charge in [0.1, 0.15) is 0 Å². The van der Waals surface area contributed by atoms with Crippen LogP contribution in [0, 0.1) is 11.8 Å². The van der Waals surface area contributed by atoms with Crippen molar-refractivity contribution in [2.45, 2.75) is 38.6 Å². The molecule has 1 aromatic rings. The summed E-state index contributed by atoms with van der Waals surface area (Å²) in [5, 5.41) is 0.815. The number of hydrogen-bond donors (Lipinski definition) is 2. The number of benzene rings is 1. The predicted molar refractivity (Wildman–Crippen MR) is 72.6 cm³/mol. The Balaban J connectivity index is 2.15. The maximum absolute atomic E-state index is 6.25. The van der Waals surface area contributed by atoms with Crippen LogP contribution in [0.3, 0.4) is 0 Å². The SMILES string of the molecule is CCC1CCC(C(NN)c2ccccc2Cl)C1. The fraction of sp³-hybridized carbons (Fsp3) is 0.571. The van der Waals surface area contributed by atoms with Gasteiger partial charge in [0.25, 0.3) is 0 Å². The fourth-order valence-electron chi connectivity index (χ4n) is 2.99. The van der Waals surface area contributed by atoms with Gasteiger partial charge < -0.3 is 0 Å². The second-order valence-corrected chi connectivity index (χ2v) is 5.42. The molecule has 1 aliphatic rings. The van der Waals surface area contributed by atoms with Crippen LogP contribution < -0.4 is 11.3 Å². The minimum Gasteiger partial charge on any atom is -0.271 e. The van der Waals surface area contributed by atoms with E-state index in [1.165, 1.54) is 25.7 Å². The third kappa shape index (κ3) is 2.82. The van der Waals surface area contributed by atoms with Gasteiger partial charge in [0.2, 0.25) is 0 Å². The lowest BCUT2D eigenvalue weighted by molar-refractivity contribution is 0.358. The Bertz CT molecular complexity index is 367. The molecule has 3 heteroatoms. The van der Waals surface area contributed by atoms with E-state index in [4.69, 9.17) is 17.4 Å². The molecule has 3 N–H and O–H groups in total. The van der Waals surface area contributed by atoms with Crippen LogP contribution in [0.25, 0.3) is 0 Å². The molecule has 2 nitrogen and oxygen atoms in total. The van der Waals surface area contributed by atoms with Crippen molar-refractivity contribution in [1.29, 1.82) is 0 Å². The second kappa shape index (κ2) is 5.85. The number of hydrogen-bond acceptors (Lipinski definition) is 2. The molecule has 1 fully saturated rings. The number of hydrazine groups is 1. The largest absolute Gasteiger partial charge is 0.271 e. The first-order chi connectivity index (χ1) is 8.26. The van der Waals surface area contributed by atoms with Crippen molar-refractivity contribution in [1.82, 2.24) is 5.43 Å². The minimum absolute atomic E-state index is 0.195. The van der Waals surface area contributed by atoms with Crippen LogP contribution in [0.1, 0.15) is 44.2 Å². The second-order valence-electron chi connectivity index (χ2n) is 5.01.